The lowest BCUT2D eigenvalue weighted by Crippen LogP contribution is -2.52. The Labute approximate surface area is 85.6 Å². The normalized spacial score (nSPS) is 24.6. The van der Waals surface area contributed by atoms with E-state index in [9.17, 15) is 4.79 Å². The number of nitrogens with two attached hydrogens (primary N) is 1. The van der Waals surface area contributed by atoms with Crippen LogP contribution in [0.3, 0.4) is 0 Å². The molecule has 0 aromatic heterocycles. The number of hydrogen-bond donors (Lipinski definition) is 1. The SMILES string of the molecule is CC(=O)N1CC(C(CCN)C2CC2)C1. The van der Waals surface area contributed by atoms with Crippen molar-refractivity contribution >= 4 is 5.91 Å². The molecule has 14 heavy (non-hydrogen) atoms. The van der Waals surface area contributed by atoms with E-state index < -0.39 is 0 Å². The van der Waals surface area contributed by atoms with Crippen LogP contribution in [0.25, 0.3) is 0 Å². The molecule has 1 saturated carbocycles. The van der Waals surface area contributed by atoms with Gasteiger partial charge < -0.3 is 10.6 Å². The van der Waals surface area contributed by atoms with E-state index in [-0.39, 0.29) is 5.91 Å². The van der Waals surface area contributed by atoms with Crippen molar-refractivity contribution in [2.45, 2.75) is 26.2 Å². The summed E-state index contributed by atoms with van der Waals surface area (Å²) in [6.45, 7) is 4.43. The van der Waals surface area contributed by atoms with E-state index in [1.54, 1.807) is 6.92 Å². The molecule has 1 heterocycles. The molecule has 1 atom stereocenters. The molecule has 1 aliphatic heterocycles. The Bertz CT molecular complexity index is 219. The van der Waals surface area contributed by atoms with Gasteiger partial charge in [0.1, 0.15) is 0 Å². The van der Waals surface area contributed by atoms with Crippen molar-refractivity contribution in [1.29, 1.82) is 0 Å². The van der Waals surface area contributed by atoms with Crippen LogP contribution in [0.15, 0.2) is 0 Å². The highest BCUT2D eigenvalue weighted by atomic mass is 16.2. The van der Waals surface area contributed by atoms with Gasteiger partial charge in [0.05, 0.1) is 0 Å². The molecule has 0 radical (unpaired) electrons. The summed E-state index contributed by atoms with van der Waals surface area (Å²) in [5.41, 5.74) is 5.63. The fraction of sp³-hybridized carbons (Fsp3) is 0.909. The molecule has 0 bridgehead atoms. The monoisotopic (exact) mass is 196 g/mol. The largest absolute Gasteiger partial charge is 0.342 e. The lowest BCUT2D eigenvalue weighted by atomic mass is 9.80. The van der Waals surface area contributed by atoms with Crippen LogP contribution in [-0.2, 0) is 4.79 Å². The molecular formula is C11H20N2O. The molecule has 1 saturated heterocycles. The average Bonchev–Trinajstić information content (AvgIpc) is 2.81. The third kappa shape index (κ3) is 1.92. The van der Waals surface area contributed by atoms with Crippen LogP contribution >= 0.6 is 0 Å². The smallest absolute Gasteiger partial charge is 0.219 e. The highest BCUT2D eigenvalue weighted by molar-refractivity contribution is 5.74. The summed E-state index contributed by atoms with van der Waals surface area (Å²) in [7, 11) is 0. The zero-order valence-electron chi connectivity index (χ0n) is 8.91. The minimum absolute atomic E-state index is 0.226. The molecule has 1 unspecified atom stereocenters. The maximum atomic E-state index is 11.0. The Kier molecular flexibility index (Phi) is 2.77. The van der Waals surface area contributed by atoms with Gasteiger partial charge in [-0.05, 0) is 43.6 Å². The number of amides is 1. The highest BCUT2D eigenvalue weighted by Crippen LogP contribution is 2.44. The fourth-order valence-electron chi connectivity index (χ4n) is 2.61. The van der Waals surface area contributed by atoms with Crippen LogP contribution in [0, 0.1) is 17.8 Å². The van der Waals surface area contributed by atoms with E-state index in [2.05, 4.69) is 0 Å². The number of nitrogens with zero attached hydrogens (tertiary/aromatic N) is 1. The van der Waals surface area contributed by atoms with Crippen molar-refractivity contribution in [3.63, 3.8) is 0 Å². The zero-order valence-corrected chi connectivity index (χ0v) is 8.91. The lowest BCUT2D eigenvalue weighted by Gasteiger charge is -2.43. The van der Waals surface area contributed by atoms with Gasteiger partial charge in [-0.3, -0.25) is 4.79 Å². The second-order valence-corrected chi connectivity index (χ2v) is 4.76. The van der Waals surface area contributed by atoms with Gasteiger partial charge in [0.15, 0.2) is 0 Å². The van der Waals surface area contributed by atoms with Crippen molar-refractivity contribution in [2.75, 3.05) is 19.6 Å². The van der Waals surface area contributed by atoms with Gasteiger partial charge >= 0.3 is 0 Å². The number of hydrogen-bond acceptors (Lipinski definition) is 2. The third-order valence-corrected chi connectivity index (χ3v) is 3.69. The lowest BCUT2D eigenvalue weighted by molar-refractivity contribution is -0.136. The summed E-state index contributed by atoms with van der Waals surface area (Å²) in [6, 6.07) is 0. The predicted octanol–water partition coefficient (Wildman–Crippen LogP) is 0.840. The van der Waals surface area contributed by atoms with E-state index in [4.69, 9.17) is 5.73 Å². The molecule has 0 aromatic rings. The van der Waals surface area contributed by atoms with Crippen LogP contribution in [0.2, 0.25) is 0 Å². The molecule has 0 spiro atoms. The Morgan fingerprint density at radius 3 is 2.50 bits per heavy atom. The first-order valence-electron chi connectivity index (χ1n) is 5.68. The number of carbonyl (C=O) groups excluding carboxylic acids is 1. The molecule has 2 N–H and O–H groups in total. The molecule has 3 heteroatoms. The van der Waals surface area contributed by atoms with E-state index in [0.717, 1.165) is 43.8 Å². The van der Waals surface area contributed by atoms with Crippen molar-refractivity contribution in [3.05, 3.63) is 0 Å². The van der Waals surface area contributed by atoms with Gasteiger partial charge in [-0.15, -0.1) is 0 Å². The van der Waals surface area contributed by atoms with Crippen molar-refractivity contribution < 1.29 is 4.79 Å². The van der Waals surface area contributed by atoms with Crippen LogP contribution in [-0.4, -0.2) is 30.4 Å². The number of carbonyl (C=O) groups is 1. The number of likely N-dealkylation sites (tertiary alicyclic amines) is 1. The maximum Gasteiger partial charge on any atom is 0.219 e. The van der Waals surface area contributed by atoms with E-state index in [0.29, 0.717) is 0 Å². The molecule has 2 rings (SSSR count). The molecule has 2 aliphatic rings. The minimum Gasteiger partial charge on any atom is -0.342 e. The van der Waals surface area contributed by atoms with E-state index in [1.165, 1.54) is 12.8 Å². The van der Waals surface area contributed by atoms with Gasteiger partial charge in [0.25, 0.3) is 0 Å². The number of rotatable bonds is 4. The molecule has 1 amide bonds. The van der Waals surface area contributed by atoms with Crippen molar-refractivity contribution in [3.8, 4) is 0 Å². The summed E-state index contributed by atoms with van der Waals surface area (Å²) in [5.74, 6) is 2.70. The van der Waals surface area contributed by atoms with Crippen LogP contribution < -0.4 is 5.73 Å². The molecule has 2 fully saturated rings. The summed E-state index contributed by atoms with van der Waals surface area (Å²) >= 11 is 0. The summed E-state index contributed by atoms with van der Waals surface area (Å²) < 4.78 is 0. The van der Waals surface area contributed by atoms with Gasteiger partial charge in [0.2, 0.25) is 5.91 Å². The quantitative estimate of drug-likeness (QED) is 0.724. The van der Waals surface area contributed by atoms with Crippen molar-refractivity contribution in [2.24, 2.45) is 23.5 Å². The Morgan fingerprint density at radius 2 is 2.07 bits per heavy atom. The summed E-state index contributed by atoms with van der Waals surface area (Å²) in [6.07, 6.45) is 3.93. The molecule has 1 aliphatic carbocycles. The van der Waals surface area contributed by atoms with Gasteiger partial charge in [-0.2, -0.15) is 0 Å². The Balaban J connectivity index is 1.80. The first-order chi connectivity index (χ1) is 6.72. The second kappa shape index (κ2) is 3.89. The molecule has 3 nitrogen and oxygen atoms in total. The summed E-state index contributed by atoms with van der Waals surface area (Å²) in [4.78, 5) is 13.0. The average molecular weight is 196 g/mol. The fourth-order valence-corrected chi connectivity index (χ4v) is 2.61. The van der Waals surface area contributed by atoms with Gasteiger partial charge in [0, 0.05) is 20.0 Å². The first kappa shape index (κ1) is 9.97. The minimum atomic E-state index is 0.226. The first-order valence-corrected chi connectivity index (χ1v) is 5.68. The zero-order chi connectivity index (χ0) is 10.1. The van der Waals surface area contributed by atoms with E-state index >= 15 is 0 Å². The standard InChI is InChI=1S/C11H20N2O/c1-8(14)13-6-10(7-13)11(4-5-12)9-2-3-9/h9-11H,2-7,12H2,1H3. The molecular weight excluding hydrogens is 176 g/mol. The predicted molar refractivity (Wildman–Crippen MR) is 55.6 cm³/mol. The van der Waals surface area contributed by atoms with E-state index in [1.807, 2.05) is 4.90 Å². The van der Waals surface area contributed by atoms with Crippen LogP contribution in [0.1, 0.15) is 26.2 Å². The van der Waals surface area contributed by atoms with Crippen LogP contribution in [0.4, 0.5) is 0 Å². The highest BCUT2D eigenvalue weighted by Gasteiger charge is 2.41. The molecule has 0 aromatic carbocycles. The van der Waals surface area contributed by atoms with Gasteiger partial charge in [-0.1, -0.05) is 0 Å². The maximum absolute atomic E-state index is 11.0. The summed E-state index contributed by atoms with van der Waals surface area (Å²) in [5, 5.41) is 0. The topological polar surface area (TPSA) is 46.3 Å². The van der Waals surface area contributed by atoms with Crippen LogP contribution in [0.5, 0.6) is 0 Å². The Morgan fingerprint density at radius 1 is 1.43 bits per heavy atom. The molecule has 80 valence electrons. The second-order valence-electron chi connectivity index (χ2n) is 4.76. The third-order valence-electron chi connectivity index (χ3n) is 3.69. The Hall–Kier alpha value is -0.570. The van der Waals surface area contributed by atoms with Gasteiger partial charge in [-0.25, -0.2) is 0 Å². The van der Waals surface area contributed by atoms with Crippen molar-refractivity contribution in [1.82, 2.24) is 4.90 Å².